The summed E-state index contributed by atoms with van der Waals surface area (Å²) in [5.74, 6) is 1.63. The number of halogens is 1. The van der Waals surface area contributed by atoms with Crippen LogP contribution >= 0.6 is 11.6 Å². The van der Waals surface area contributed by atoms with Crippen LogP contribution in [0.2, 0.25) is 5.02 Å². The van der Waals surface area contributed by atoms with Crippen molar-refractivity contribution in [2.24, 2.45) is 0 Å². The topological polar surface area (TPSA) is 57.2 Å². The van der Waals surface area contributed by atoms with Crippen molar-refractivity contribution in [1.82, 2.24) is 4.90 Å². The molecule has 6 nitrogen and oxygen atoms in total. The van der Waals surface area contributed by atoms with Crippen LogP contribution in [0.15, 0.2) is 36.4 Å². The van der Waals surface area contributed by atoms with E-state index in [1.54, 1.807) is 24.1 Å². The Bertz CT molecular complexity index is 882. The molecule has 0 N–H and O–H groups in total. The molecular formula is C22H24ClNO5. The highest BCUT2D eigenvalue weighted by molar-refractivity contribution is 6.32. The fraction of sp³-hybridized carbons (Fsp3) is 0.409. The van der Waals surface area contributed by atoms with Gasteiger partial charge in [0.2, 0.25) is 0 Å². The van der Waals surface area contributed by atoms with E-state index in [4.69, 9.17) is 30.5 Å². The minimum atomic E-state index is -0.123. The van der Waals surface area contributed by atoms with Gasteiger partial charge in [-0.15, -0.1) is 0 Å². The summed E-state index contributed by atoms with van der Waals surface area (Å²) >= 11 is 6.35. The fourth-order valence-corrected chi connectivity index (χ4v) is 3.93. The van der Waals surface area contributed by atoms with Gasteiger partial charge in [-0.1, -0.05) is 23.7 Å². The van der Waals surface area contributed by atoms with Gasteiger partial charge >= 0.3 is 0 Å². The second kappa shape index (κ2) is 8.93. The molecule has 0 spiro atoms. The molecule has 2 aromatic rings. The second-order valence-corrected chi connectivity index (χ2v) is 7.56. The van der Waals surface area contributed by atoms with Crippen molar-refractivity contribution in [2.75, 3.05) is 33.5 Å². The SMILES string of the molecule is COc1cccc(CN(CC2CCCO2)C(=O)c2cc(Cl)c3c(c2)OCCO3)c1. The number of benzene rings is 2. The Kier molecular flexibility index (Phi) is 6.11. The van der Waals surface area contributed by atoms with Gasteiger partial charge in [0.25, 0.3) is 5.91 Å². The smallest absolute Gasteiger partial charge is 0.254 e. The van der Waals surface area contributed by atoms with Crippen molar-refractivity contribution in [3.8, 4) is 17.2 Å². The van der Waals surface area contributed by atoms with Crippen LogP contribution in [-0.2, 0) is 11.3 Å². The Hall–Kier alpha value is -2.44. The van der Waals surface area contributed by atoms with Gasteiger partial charge in [0, 0.05) is 25.3 Å². The van der Waals surface area contributed by atoms with E-state index in [0.717, 1.165) is 30.8 Å². The third-order valence-corrected chi connectivity index (χ3v) is 5.37. The van der Waals surface area contributed by atoms with Crippen molar-refractivity contribution in [1.29, 1.82) is 0 Å². The molecule has 0 radical (unpaired) electrons. The maximum absolute atomic E-state index is 13.4. The first-order chi connectivity index (χ1) is 14.1. The summed E-state index contributed by atoms with van der Waals surface area (Å²) in [6.07, 6.45) is 2.00. The fourth-order valence-electron chi connectivity index (χ4n) is 3.66. The van der Waals surface area contributed by atoms with E-state index in [1.165, 1.54) is 0 Å². The molecule has 1 unspecified atom stereocenters. The van der Waals surface area contributed by atoms with Gasteiger partial charge in [0.15, 0.2) is 11.5 Å². The van der Waals surface area contributed by atoms with E-state index < -0.39 is 0 Å². The van der Waals surface area contributed by atoms with E-state index in [-0.39, 0.29) is 12.0 Å². The first-order valence-electron chi connectivity index (χ1n) is 9.77. The van der Waals surface area contributed by atoms with Crippen LogP contribution in [0.3, 0.4) is 0 Å². The lowest BCUT2D eigenvalue weighted by molar-refractivity contribution is 0.0506. The quantitative estimate of drug-likeness (QED) is 0.712. The zero-order valence-corrected chi connectivity index (χ0v) is 17.1. The Morgan fingerprint density at radius 1 is 1.21 bits per heavy atom. The molecule has 0 bridgehead atoms. The Morgan fingerprint density at radius 2 is 2.07 bits per heavy atom. The predicted octanol–water partition coefficient (Wildman–Crippen LogP) is 3.94. The van der Waals surface area contributed by atoms with Crippen LogP contribution in [0.5, 0.6) is 17.2 Å². The lowest BCUT2D eigenvalue weighted by atomic mass is 10.1. The predicted molar refractivity (Wildman–Crippen MR) is 109 cm³/mol. The zero-order valence-electron chi connectivity index (χ0n) is 16.4. The lowest BCUT2D eigenvalue weighted by Gasteiger charge is -2.27. The molecule has 154 valence electrons. The summed E-state index contributed by atoms with van der Waals surface area (Å²) in [5.41, 5.74) is 1.46. The maximum atomic E-state index is 13.4. The highest BCUT2D eigenvalue weighted by Crippen LogP contribution is 2.38. The first-order valence-corrected chi connectivity index (χ1v) is 10.1. The number of hydrogen-bond acceptors (Lipinski definition) is 5. The average Bonchev–Trinajstić information content (AvgIpc) is 3.26. The number of carbonyl (C=O) groups is 1. The van der Waals surface area contributed by atoms with Crippen LogP contribution < -0.4 is 14.2 Å². The number of rotatable bonds is 6. The van der Waals surface area contributed by atoms with Crippen LogP contribution in [0.4, 0.5) is 0 Å². The van der Waals surface area contributed by atoms with Gasteiger partial charge in [0.1, 0.15) is 19.0 Å². The summed E-state index contributed by atoms with van der Waals surface area (Å²) in [5, 5.41) is 0.379. The van der Waals surface area contributed by atoms with Crippen molar-refractivity contribution in [3.63, 3.8) is 0 Å². The van der Waals surface area contributed by atoms with Crippen molar-refractivity contribution >= 4 is 17.5 Å². The largest absolute Gasteiger partial charge is 0.497 e. The Labute approximate surface area is 175 Å². The lowest BCUT2D eigenvalue weighted by Crippen LogP contribution is -2.37. The van der Waals surface area contributed by atoms with E-state index in [0.29, 0.717) is 48.4 Å². The van der Waals surface area contributed by atoms with E-state index in [1.807, 2.05) is 24.3 Å². The van der Waals surface area contributed by atoms with Gasteiger partial charge in [-0.3, -0.25) is 4.79 Å². The second-order valence-electron chi connectivity index (χ2n) is 7.15. The number of methoxy groups -OCH3 is 1. The van der Waals surface area contributed by atoms with E-state index >= 15 is 0 Å². The Balaban J connectivity index is 1.60. The molecule has 29 heavy (non-hydrogen) atoms. The standard InChI is InChI=1S/C22H24ClNO5/c1-26-17-5-2-4-15(10-17)13-24(14-18-6-3-7-27-18)22(25)16-11-19(23)21-20(12-16)28-8-9-29-21/h2,4-5,10-12,18H,3,6-9,13-14H2,1H3. The van der Waals surface area contributed by atoms with Crippen molar-refractivity contribution < 1.29 is 23.7 Å². The number of hydrogen-bond donors (Lipinski definition) is 0. The summed E-state index contributed by atoms with van der Waals surface area (Å²) in [6, 6.07) is 11.1. The summed E-state index contributed by atoms with van der Waals surface area (Å²) < 4.78 is 22.3. The number of carbonyl (C=O) groups excluding carboxylic acids is 1. The highest BCUT2D eigenvalue weighted by Gasteiger charge is 2.26. The van der Waals surface area contributed by atoms with Crippen LogP contribution in [0.25, 0.3) is 0 Å². The minimum Gasteiger partial charge on any atom is -0.497 e. The van der Waals surface area contributed by atoms with E-state index in [2.05, 4.69) is 0 Å². The molecule has 1 saturated heterocycles. The van der Waals surface area contributed by atoms with Gasteiger partial charge in [-0.2, -0.15) is 0 Å². The van der Waals surface area contributed by atoms with E-state index in [9.17, 15) is 4.79 Å². The molecule has 4 rings (SSSR count). The number of fused-ring (bicyclic) bond motifs is 1. The molecule has 2 aliphatic heterocycles. The van der Waals surface area contributed by atoms with Crippen molar-refractivity contribution in [3.05, 3.63) is 52.5 Å². The molecule has 2 aliphatic rings. The van der Waals surface area contributed by atoms with Crippen LogP contribution in [0, 0.1) is 0 Å². The average molecular weight is 418 g/mol. The molecule has 1 amide bonds. The molecule has 2 aromatic carbocycles. The third-order valence-electron chi connectivity index (χ3n) is 5.09. The summed E-state index contributed by atoms with van der Waals surface area (Å²) in [4.78, 5) is 15.2. The molecule has 0 aromatic heterocycles. The molecule has 2 heterocycles. The van der Waals surface area contributed by atoms with Gasteiger partial charge < -0.3 is 23.8 Å². The third kappa shape index (κ3) is 4.60. The summed E-state index contributed by atoms with van der Waals surface area (Å²) in [7, 11) is 1.63. The number of ether oxygens (including phenoxy) is 4. The first kappa shape index (κ1) is 19.9. The van der Waals surface area contributed by atoms with Gasteiger partial charge in [-0.05, 0) is 42.7 Å². The van der Waals surface area contributed by atoms with Gasteiger partial charge in [-0.25, -0.2) is 0 Å². The molecular weight excluding hydrogens is 394 g/mol. The van der Waals surface area contributed by atoms with Crippen molar-refractivity contribution in [2.45, 2.75) is 25.5 Å². The van der Waals surface area contributed by atoms with Crippen LogP contribution in [0.1, 0.15) is 28.8 Å². The zero-order chi connectivity index (χ0) is 20.2. The Morgan fingerprint density at radius 3 is 2.86 bits per heavy atom. The normalized spacial score (nSPS) is 17.8. The molecule has 1 fully saturated rings. The highest BCUT2D eigenvalue weighted by atomic mass is 35.5. The minimum absolute atomic E-state index is 0.0391. The maximum Gasteiger partial charge on any atom is 0.254 e. The number of amides is 1. The van der Waals surface area contributed by atoms with Gasteiger partial charge in [0.05, 0.1) is 18.2 Å². The van der Waals surface area contributed by atoms with Crippen LogP contribution in [-0.4, -0.2) is 50.4 Å². The number of nitrogens with zero attached hydrogens (tertiary/aromatic N) is 1. The summed E-state index contributed by atoms with van der Waals surface area (Å²) in [6.45, 7) is 2.58. The monoisotopic (exact) mass is 417 g/mol. The molecule has 7 heteroatoms. The molecule has 0 aliphatic carbocycles. The molecule has 0 saturated carbocycles. The molecule has 1 atom stereocenters.